The standard InChI is InChI=1S/C13H15Cl2F3N2O.ClH/c14-8-1-2-9(16)10(11(8)15)12(13(17,18)7-21)20-5-3-19-4-6-20;/h1-2,12,19,21H,3-7H2;1H/t12-;/m1./s1. The quantitative estimate of drug-likeness (QED) is 0.789. The molecule has 0 amide bonds. The van der Waals surface area contributed by atoms with Gasteiger partial charge in [0.1, 0.15) is 18.5 Å². The van der Waals surface area contributed by atoms with E-state index < -0.39 is 24.4 Å². The van der Waals surface area contributed by atoms with E-state index in [2.05, 4.69) is 5.32 Å². The molecule has 0 spiro atoms. The third-order valence-electron chi connectivity index (χ3n) is 3.48. The van der Waals surface area contributed by atoms with Crippen molar-refractivity contribution in [2.45, 2.75) is 12.0 Å². The number of halogens is 6. The van der Waals surface area contributed by atoms with E-state index in [0.29, 0.717) is 26.2 Å². The van der Waals surface area contributed by atoms with Crippen LogP contribution in [0.1, 0.15) is 11.6 Å². The summed E-state index contributed by atoms with van der Waals surface area (Å²) in [6.07, 6.45) is 0. The highest BCUT2D eigenvalue weighted by molar-refractivity contribution is 6.42. The Morgan fingerprint density at radius 3 is 2.41 bits per heavy atom. The van der Waals surface area contributed by atoms with Crippen molar-refractivity contribution < 1.29 is 18.3 Å². The van der Waals surface area contributed by atoms with Crippen LogP contribution in [0.25, 0.3) is 0 Å². The highest BCUT2D eigenvalue weighted by Crippen LogP contribution is 2.42. The largest absolute Gasteiger partial charge is 0.390 e. The predicted molar refractivity (Wildman–Crippen MR) is 82.9 cm³/mol. The van der Waals surface area contributed by atoms with Crippen LogP contribution in [0.3, 0.4) is 0 Å². The van der Waals surface area contributed by atoms with Gasteiger partial charge < -0.3 is 10.4 Å². The molecule has 2 N–H and O–H groups in total. The van der Waals surface area contributed by atoms with Crippen LogP contribution >= 0.6 is 35.6 Å². The molecular formula is C13H16Cl3F3N2O. The Morgan fingerprint density at radius 2 is 1.86 bits per heavy atom. The molecule has 1 aliphatic rings. The third-order valence-corrected chi connectivity index (χ3v) is 4.30. The lowest BCUT2D eigenvalue weighted by Gasteiger charge is -2.39. The van der Waals surface area contributed by atoms with E-state index in [4.69, 9.17) is 28.3 Å². The molecule has 0 radical (unpaired) electrons. The first-order chi connectivity index (χ1) is 9.88. The molecule has 126 valence electrons. The van der Waals surface area contributed by atoms with Crippen LogP contribution in [0, 0.1) is 5.82 Å². The van der Waals surface area contributed by atoms with E-state index >= 15 is 0 Å². The van der Waals surface area contributed by atoms with E-state index in [9.17, 15) is 13.2 Å². The zero-order valence-electron chi connectivity index (χ0n) is 11.5. The van der Waals surface area contributed by atoms with E-state index in [1.807, 2.05) is 0 Å². The van der Waals surface area contributed by atoms with Gasteiger partial charge >= 0.3 is 0 Å². The molecule has 1 saturated heterocycles. The number of nitrogens with one attached hydrogen (secondary N) is 1. The molecule has 2 rings (SSSR count). The summed E-state index contributed by atoms with van der Waals surface area (Å²) in [6.45, 7) is 0.185. The summed E-state index contributed by atoms with van der Waals surface area (Å²) in [7, 11) is 0. The number of piperazine rings is 1. The van der Waals surface area contributed by atoms with Crippen LogP contribution in [0.2, 0.25) is 10.0 Å². The van der Waals surface area contributed by atoms with Gasteiger partial charge in [-0.15, -0.1) is 12.4 Å². The zero-order valence-corrected chi connectivity index (χ0v) is 13.8. The van der Waals surface area contributed by atoms with Crippen molar-refractivity contribution in [2.75, 3.05) is 32.8 Å². The number of aliphatic hydroxyl groups excluding tert-OH is 1. The SMILES string of the molecule is Cl.OCC(F)(F)[C@@H](c1c(F)ccc(Cl)c1Cl)N1CCNCC1. The summed E-state index contributed by atoms with van der Waals surface area (Å²) >= 11 is 11.8. The molecule has 22 heavy (non-hydrogen) atoms. The molecule has 1 atom stereocenters. The predicted octanol–water partition coefficient (Wildman–Crippen LogP) is 3.13. The molecule has 0 bridgehead atoms. The first-order valence-corrected chi connectivity index (χ1v) is 7.21. The summed E-state index contributed by atoms with van der Waals surface area (Å²) in [5.41, 5.74) is -0.370. The number of aliphatic hydroxyl groups is 1. The van der Waals surface area contributed by atoms with E-state index in [1.54, 1.807) is 0 Å². The van der Waals surface area contributed by atoms with Crippen LogP contribution in [0.4, 0.5) is 13.2 Å². The zero-order chi connectivity index (χ0) is 15.6. The van der Waals surface area contributed by atoms with Gasteiger partial charge in [-0.2, -0.15) is 0 Å². The first-order valence-electron chi connectivity index (χ1n) is 6.45. The maximum atomic E-state index is 14.2. The molecule has 0 saturated carbocycles. The summed E-state index contributed by atoms with van der Waals surface area (Å²) in [5.74, 6) is -4.40. The summed E-state index contributed by atoms with van der Waals surface area (Å²) in [6, 6.07) is 0.566. The van der Waals surface area contributed by atoms with Crippen LogP contribution in [0.15, 0.2) is 12.1 Å². The molecule has 0 aliphatic carbocycles. The minimum absolute atomic E-state index is 0. The van der Waals surface area contributed by atoms with Gasteiger partial charge in [-0.05, 0) is 12.1 Å². The number of alkyl halides is 2. The van der Waals surface area contributed by atoms with Crippen LogP contribution in [0.5, 0.6) is 0 Å². The van der Waals surface area contributed by atoms with E-state index in [-0.39, 0.29) is 28.0 Å². The summed E-state index contributed by atoms with van der Waals surface area (Å²) in [4.78, 5) is 1.41. The maximum absolute atomic E-state index is 14.2. The number of nitrogens with zero attached hydrogens (tertiary/aromatic N) is 1. The normalized spacial score (nSPS) is 17.9. The average molecular weight is 380 g/mol. The number of benzene rings is 1. The number of hydrogen-bond donors (Lipinski definition) is 2. The van der Waals surface area contributed by atoms with Crippen molar-refractivity contribution in [2.24, 2.45) is 0 Å². The van der Waals surface area contributed by atoms with Crippen LogP contribution in [-0.4, -0.2) is 48.7 Å². The molecular weight excluding hydrogens is 364 g/mol. The van der Waals surface area contributed by atoms with Crippen molar-refractivity contribution in [1.29, 1.82) is 0 Å². The van der Waals surface area contributed by atoms with Gasteiger partial charge in [-0.1, -0.05) is 23.2 Å². The second-order valence-electron chi connectivity index (χ2n) is 4.86. The maximum Gasteiger partial charge on any atom is 0.290 e. The summed E-state index contributed by atoms with van der Waals surface area (Å²) < 4.78 is 42.5. The molecule has 0 aromatic heterocycles. The monoisotopic (exact) mass is 378 g/mol. The lowest BCUT2D eigenvalue weighted by atomic mass is 9.97. The lowest BCUT2D eigenvalue weighted by molar-refractivity contribution is -0.119. The highest BCUT2D eigenvalue weighted by Gasteiger charge is 2.46. The van der Waals surface area contributed by atoms with Crippen LogP contribution in [-0.2, 0) is 0 Å². The van der Waals surface area contributed by atoms with Crippen molar-refractivity contribution >= 4 is 35.6 Å². The Labute approximate surface area is 142 Å². The third kappa shape index (κ3) is 3.99. The van der Waals surface area contributed by atoms with Gasteiger partial charge in [-0.3, -0.25) is 4.90 Å². The van der Waals surface area contributed by atoms with Crippen LogP contribution < -0.4 is 5.32 Å². The lowest BCUT2D eigenvalue weighted by Crippen LogP contribution is -2.51. The first kappa shape index (κ1) is 19.8. The fraction of sp³-hybridized carbons (Fsp3) is 0.538. The molecule has 9 heteroatoms. The molecule has 0 unspecified atom stereocenters. The molecule has 3 nitrogen and oxygen atoms in total. The molecule has 1 fully saturated rings. The number of rotatable bonds is 4. The second kappa shape index (κ2) is 8.04. The van der Waals surface area contributed by atoms with Crippen molar-refractivity contribution in [3.05, 3.63) is 33.6 Å². The number of hydrogen-bond acceptors (Lipinski definition) is 3. The fourth-order valence-corrected chi connectivity index (χ4v) is 2.90. The molecule has 1 aromatic carbocycles. The Hall–Kier alpha value is -0.240. The highest BCUT2D eigenvalue weighted by atomic mass is 35.5. The van der Waals surface area contributed by atoms with Crippen molar-refractivity contribution in [3.63, 3.8) is 0 Å². The van der Waals surface area contributed by atoms with Gasteiger partial charge in [0, 0.05) is 31.7 Å². The van der Waals surface area contributed by atoms with E-state index in [0.717, 1.165) is 6.07 Å². The minimum Gasteiger partial charge on any atom is -0.390 e. The smallest absolute Gasteiger partial charge is 0.290 e. The minimum atomic E-state index is -3.54. The van der Waals surface area contributed by atoms with Gasteiger partial charge in [0.15, 0.2) is 0 Å². The van der Waals surface area contributed by atoms with Gasteiger partial charge in [0.05, 0.1) is 10.0 Å². The summed E-state index contributed by atoms with van der Waals surface area (Å²) in [5, 5.41) is 11.8. The Kier molecular flexibility index (Phi) is 7.23. The van der Waals surface area contributed by atoms with Gasteiger partial charge in [0.2, 0.25) is 0 Å². The topological polar surface area (TPSA) is 35.5 Å². The molecule has 1 heterocycles. The van der Waals surface area contributed by atoms with Gasteiger partial charge in [0.25, 0.3) is 5.92 Å². The Bertz CT molecular complexity index is 514. The van der Waals surface area contributed by atoms with Gasteiger partial charge in [-0.25, -0.2) is 13.2 Å². The van der Waals surface area contributed by atoms with E-state index in [1.165, 1.54) is 11.0 Å². The van der Waals surface area contributed by atoms with Crippen molar-refractivity contribution in [3.8, 4) is 0 Å². The Balaban J connectivity index is 0.00000242. The molecule has 1 aromatic rings. The second-order valence-corrected chi connectivity index (χ2v) is 5.65. The fourth-order valence-electron chi connectivity index (χ4n) is 2.48. The van der Waals surface area contributed by atoms with Crippen molar-refractivity contribution in [1.82, 2.24) is 10.2 Å². The Morgan fingerprint density at radius 1 is 1.27 bits per heavy atom. The average Bonchev–Trinajstić information content (AvgIpc) is 2.48. The molecule has 1 aliphatic heterocycles.